The van der Waals surface area contributed by atoms with Crippen molar-refractivity contribution in [3.8, 4) is 0 Å². The molecule has 1 aromatic heterocycles. The van der Waals surface area contributed by atoms with Gasteiger partial charge in [-0.3, -0.25) is 9.78 Å². The van der Waals surface area contributed by atoms with Crippen molar-refractivity contribution in [1.29, 1.82) is 0 Å². The molecule has 0 spiro atoms. The van der Waals surface area contributed by atoms with Gasteiger partial charge in [0.05, 0.1) is 17.7 Å². The van der Waals surface area contributed by atoms with E-state index in [1.807, 2.05) is 37.3 Å². The molecule has 1 amide bonds. The Labute approximate surface area is 124 Å². The quantitative estimate of drug-likeness (QED) is 0.909. The Hall–Kier alpha value is -2.36. The van der Waals surface area contributed by atoms with E-state index in [-0.39, 0.29) is 17.9 Å². The van der Waals surface area contributed by atoms with E-state index in [2.05, 4.69) is 27.8 Å². The Bertz CT molecular complexity index is 627. The smallest absolute Gasteiger partial charge is 0.225 e. The third-order valence-corrected chi connectivity index (χ3v) is 3.88. The number of benzene rings is 1. The Morgan fingerprint density at radius 3 is 2.90 bits per heavy atom. The highest BCUT2D eigenvalue weighted by Gasteiger charge is 2.25. The van der Waals surface area contributed by atoms with Crippen molar-refractivity contribution < 1.29 is 4.79 Å². The van der Waals surface area contributed by atoms with Gasteiger partial charge in [-0.25, -0.2) is 0 Å². The number of nitrogens with zero attached hydrogens (tertiary/aromatic N) is 1. The number of para-hydroxylation sites is 1. The van der Waals surface area contributed by atoms with Gasteiger partial charge < -0.3 is 10.6 Å². The number of anilines is 1. The van der Waals surface area contributed by atoms with Gasteiger partial charge in [-0.1, -0.05) is 24.3 Å². The number of carbonyl (C=O) groups excluding carboxylic acids is 1. The van der Waals surface area contributed by atoms with E-state index in [0.29, 0.717) is 6.54 Å². The highest BCUT2D eigenvalue weighted by atomic mass is 16.2. The molecule has 108 valence electrons. The van der Waals surface area contributed by atoms with Crippen LogP contribution in [0.1, 0.15) is 24.2 Å². The van der Waals surface area contributed by atoms with Crippen LogP contribution in [0, 0.1) is 5.92 Å². The number of hydrogen-bond donors (Lipinski definition) is 2. The maximum absolute atomic E-state index is 12.4. The first kappa shape index (κ1) is 13.6. The van der Waals surface area contributed by atoms with Crippen molar-refractivity contribution in [2.24, 2.45) is 5.92 Å². The number of fused-ring (bicyclic) bond motifs is 1. The third-order valence-electron chi connectivity index (χ3n) is 3.88. The fourth-order valence-electron chi connectivity index (χ4n) is 2.66. The van der Waals surface area contributed by atoms with Gasteiger partial charge in [0.1, 0.15) is 0 Å². The predicted octanol–water partition coefficient (Wildman–Crippen LogP) is 2.54. The highest BCUT2D eigenvalue weighted by molar-refractivity contribution is 5.81. The van der Waals surface area contributed by atoms with Crippen molar-refractivity contribution in [3.63, 3.8) is 0 Å². The average molecular weight is 281 g/mol. The molecule has 0 fully saturated rings. The van der Waals surface area contributed by atoms with Gasteiger partial charge in [0.15, 0.2) is 0 Å². The summed E-state index contributed by atoms with van der Waals surface area (Å²) in [6, 6.07) is 13.8. The van der Waals surface area contributed by atoms with E-state index in [4.69, 9.17) is 0 Å². The summed E-state index contributed by atoms with van der Waals surface area (Å²) in [5, 5.41) is 6.39. The molecule has 1 unspecified atom stereocenters. The van der Waals surface area contributed by atoms with E-state index in [9.17, 15) is 4.79 Å². The minimum atomic E-state index is -0.0733. The molecular weight excluding hydrogens is 262 g/mol. The van der Waals surface area contributed by atoms with Gasteiger partial charge in [-0.15, -0.1) is 0 Å². The van der Waals surface area contributed by atoms with E-state index in [1.165, 1.54) is 5.56 Å². The molecule has 3 rings (SSSR count). The maximum atomic E-state index is 12.4. The van der Waals surface area contributed by atoms with Gasteiger partial charge in [0, 0.05) is 18.4 Å². The van der Waals surface area contributed by atoms with Crippen LogP contribution >= 0.6 is 0 Å². The molecule has 0 radical (unpaired) electrons. The summed E-state index contributed by atoms with van der Waals surface area (Å²) in [6.07, 6.45) is 2.53. The third kappa shape index (κ3) is 3.05. The Kier molecular flexibility index (Phi) is 3.86. The number of carbonyl (C=O) groups is 1. The molecule has 0 aliphatic carbocycles. The number of hydrogen-bond acceptors (Lipinski definition) is 3. The van der Waals surface area contributed by atoms with E-state index >= 15 is 0 Å². The van der Waals surface area contributed by atoms with Crippen molar-refractivity contribution in [3.05, 3.63) is 59.9 Å². The minimum absolute atomic E-state index is 0.0361. The molecule has 0 saturated heterocycles. The summed E-state index contributed by atoms with van der Waals surface area (Å²) in [7, 11) is 0. The average Bonchev–Trinajstić information content (AvgIpc) is 2.55. The van der Waals surface area contributed by atoms with Crippen molar-refractivity contribution >= 4 is 11.6 Å². The minimum Gasteiger partial charge on any atom is -0.384 e. The molecule has 1 aromatic carbocycles. The first-order valence-corrected chi connectivity index (χ1v) is 7.27. The summed E-state index contributed by atoms with van der Waals surface area (Å²) >= 11 is 0. The van der Waals surface area contributed by atoms with Crippen LogP contribution in [-0.4, -0.2) is 17.4 Å². The topological polar surface area (TPSA) is 54.0 Å². The van der Waals surface area contributed by atoms with Gasteiger partial charge in [-0.2, -0.15) is 0 Å². The SMILES string of the molecule is C[C@H](NC(=O)C1CNc2ccccc2C1)c1ccccn1. The number of aromatic nitrogens is 1. The van der Waals surface area contributed by atoms with Crippen LogP contribution in [-0.2, 0) is 11.2 Å². The Balaban J connectivity index is 1.65. The second-order valence-electron chi connectivity index (χ2n) is 5.42. The number of amides is 1. The molecule has 1 aliphatic heterocycles. The van der Waals surface area contributed by atoms with Gasteiger partial charge in [-0.05, 0) is 37.1 Å². The lowest BCUT2D eigenvalue weighted by Gasteiger charge is -2.26. The fourth-order valence-corrected chi connectivity index (χ4v) is 2.66. The van der Waals surface area contributed by atoms with Crippen molar-refractivity contribution in [2.75, 3.05) is 11.9 Å². The second-order valence-corrected chi connectivity index (χ2v) is 5.42. The van der Waals surface area contributed by atoms with Crippen LogP contribution in [0.4, 0.5) is 5.69 Å². The van der Waals surface area contributed by atoms with Crippen LogP contribution in [0.15, 0.2) is 48.7 Å². The Morgan fingerprint density at radius 1 is 1.29 bits per heavy atom. The van der Waals surface area contributed by atoms with Gasteiger partial charge in [0.25, 0.3) is 0 Å². The summed E-state index contributed by atoms with van der Waals surface area (Å²) in [6.45, 7) is 2.64. The lowest BCUT2D eigenvalue weighted by molar-refractivity contribution is -0.125. The normalized spacial score (nSPS) is 18.2. The molecule has 0 bridgehead atoms. The lowest BCUT2D eigenvalue weighted by atomic mass is 9.93. The van der Waals surface area contributed by atoms with Crippen LogP contribution in [0.5, 0.6) is 0 Å². The van der Waals surface area contributed by atoms with Gasteiger partial charge in [0.2, 0.25) is 5.91 Å². The highest BCUT2D eigenvalue weighted by Crippen LogP contribution is 2.24. The fraction of sp³-hybridized carbons (Fsp3) is 0.294. The van der Waals surface area contributed by atoms with Crippen LogP contribution in [0.3, 0.4) is 0 Å². The standard InChI is InChI=1S/C17H19N3O/c1-12(15-7-4-5-9-18-15)20-17(21)14-10-13-6-2-3-8-16(13)19-11-14/h2-9,12,14,19H,10-11H2,1H3,(H,20,21)/t12-,14?/m0/s1. The largest absolute Gasteiger partial charge is 0.384 e. The molecule has 4 heteroatoms. The molecule has 0 saturated carbocycles. The second kappa shape index (κ2) is 5.95. The van der Waals surface area contributed by atoms with Crippen LogP contribution in [0.2, 0.25) is 0 Å². The molecule has 2 N–H and O–H groups in total. The summed E-state index contributed by atoms with van der Waals surface area (Å²) in [5.41, 5.74) is 3.23. The van der Waals surface area contributed by atoms with E-state index < -0.39 is 0 Å². The number of pyridine rings is 1. The first-order chi connectivity index (χ1) is 10.2. The predicted molar refractivity (Wildman–Crippen MR) is 82.9 cm³/mol. The molecular formula is C17H19N3O. The zero-order valence-electron chi connectivity index (χ0n) is 12.0. The van der Waals surface area contributed by atoms with Crippen LogP contribution < -0.4 is 10.6 Å². The molecule has 1 aliphatic rings. The molecule has 2 aromatic rings. The zero-order chi connectivity index (χ0) is 14.7. The number of nitrogens with one attached hydrogen (secondary N) is 2. The maximum Gasteiger partial charge on any atom is 0.225 e. The lowest BCUT2D eigenvalue weighted by Crippen LogP contribution is -2.39. The Morgan fingerprint density at radius 2 is 2.10 bits per heavy atom. The molecule has 4 nitrogen and oxygen atoms in total. The number of rotatable bonds is 3. The summed E-state index contributed by atoms with van der Waals surface area (Å²) in [5.74, 6) is 0.0428. The molecule has 2 atom stereocenters. The monoisotopic (exact) mass is 281 g/mol. The zero-order valence-corrected chi connectivity index (χ0v) is 12.0. The summed E-state index contributed by atoms with van der Waals surface area (Å²) in [4.78, 5) is 16.7. The van der Waals surface area contributed by atoms with Crippen LogP contribution in [0.25, 0.3) is 0 Å². The summed E-state index contributed by atoms with van der Waals surface area (Å²) < 4.78 is 0. The molecule has 21 heavy (non-hydrogen) atoms. The van der Waals surface area contributed by atoms with Crippen molar-refractivity contribution in [2.45, 2.75) is 19.4 Å². The van der Waals surface area contributed by atoms with Gasteiger partial charge >= 0.3 is 0 Å². The first-order valence-electron chi connectivity index (χ1n) is 7.27. The van der Waals surface area contributed by atoms with Crippen molar-refractivity contribution in [1.82, 2.24) is 10.3 Å². The molecule has 2 heterocycles. The van der Waals surface area contributed by atoms with E-state index in [1.54, 1.807) is 6.20 Å². The van der Waals surface area contributed by atoms with E-state index in [0.717, 1.165) is 17.8 Å².